The highest BCUT2D eigenvalue weighted by Gasteiger charge is 2.33. The maximum absolute atomic E-state index is 12.8. The Balaban J connectivity index is 2.29. The van der Waals surface area contributed by atoms with Gasteiger partial charge in [0.1, 0.15) is 12.1 Å². The van der Waals surface area contributed by atoms with Gasteiger partial charge in [-0.05, 0) is 30.2 Å². The summed E-state index contributed by atoms with van der Waals surface area (Å²) >= 11 is 0. The summed E-state index contributed by atoms with van der Waals surface area (Å²) in [5.74, 6) is 0. The summed E-state index contributed by atoms with van der Waals surface area (Å²) in [6.07, 6.45) is -4.83. The van der Waals surface area contributed by atoms with Crippen LogP contribution in [0.1, 0.15) is 40.8 Å². The van der Waals surface area contributed by atoms with Crippen LogP contribution in [0.2, 0.25) is 0 Å². The van der Waals surface area contributed by atoms with E-state index in [1.54, 1.807) is 6.92 Å². The van der Waals surface area contributed by atoms with E-state index in [-0.39, 0.29) is 29.5 Å². The molecule has 0 amide bonds. The molecule has 0 bridgehead atoms. The standard InChI is InChI=1S/C18H12F3N3O/c1-9-15-12(6-22)17(24)13(7-23)16(14(15)8-25-9)10-2-4-11(5-3-10)18(19,20)21/h2-5,9H,8,24H2,1H3. The number of fused-ring (bicyclic) bond motifs is 1. The van der Waals surface area contributed by atoms with Crippen molar-refractivity contribution in [3.05, 3.63) is 52.1 Å². The largest absolute Gasteiger partial charge is 0.416 e. The molecule has 2 N–H and O–H groups in total. The molecule has 1 heterocycles. The maximum Gasteiger partial charge on any atom is 0.416 e. The van der Waals surface area contributed by atoms with Crippen LogP contribution in [0.15, 0.2) is 24.3 Å². The fourth-order valence-corrected chi connectivity index (χ4v) is 3.11. The van der Waals surface area contributed by atoms with Gasteiger partial charge in [-0.25, -0.2) is 0 Å². The molecular formula is C18H12F3N3O. The van der Waals surface area contributed by atoms with Crippen molar-refractivity contribution in [3.8, 4) is 23.3 Å². The van der Waals surface area contributed by atoms with Gasteiger partial charge in [-0.15, -0.1) is 0 Å². The molecule has 0 aliphatic carbocycles. The fraction of sp³-hybridized carbons (Fsp3) is 0.222. The second-order valence-corrected chi connectivity index (χ2v) is 5.68. The van der Waals surface area contributed by atoms with E-state index in [1.807, 2.05) is 12.1 Å². The summed E-state index contributed by atoms with van der Waals surface area (Å²) < 4.78 is 43.9. The second kappa shape index (κ2) is 5.80. The number of nitrogens with two attached hydrogens (primary N) is 1. The zero-order chi connectivity index (χ0) is 18.4. The molecular weight excluding hydrogens is 331 g/mol. The smallest absolute Gasteiger partial charge is 0.397 e. The molecule has 3 rings (SSSR count). The van der Waals surface area contributed by atoms with Gasteiger partial charge in [0.2, 0.25) is 0 Å². The van der Waals surface area contributed by atoms with Crippen molar-refractivity contribution in [1.29, 1.82) is 10.5 Å². The van der Waals surface area contributed by atoms with Gasteiger partial charge in [0.15, 0.2) is 0 Å². The molecule has 4 nitrogen and oxygen atoms in total. The first-order valence-electron chi connectivity index (χ1n) is 7.37. The lowest BCUT2D eigenvalue weighted by molar-refractivity contribution is -0.137. The van der Waals surface area contributed by atoms with Crippen LogP contribution in [0.5, 0.6) is 0 Å². The van der Waals surface area contributed by atoms with Crippen LogP contribution in [0, 0.1) is 22.7 Å². The third-order valence-electron chi connectivity index (χ3n) is 4.29. The first-order valence-corrected chi connectivity index (χ1v) is 7.37. The minimum atomic E-state index is -4.44. The normalized spacial score (nSPS) is 16.2. The minimum Gasteiger partial charge on any atom is -0.397 e. The average Bonchev–Trinajstić information content (AvgIpc) is 2.95. The Labute approximate surface area is 141 Å². The van der Waals surface area contributed by atoms with Gasteiger partial charge in [0.05, 0.1) is 35.1 Å². The number of rotatable bonds is 1. The van der Waals surface area contributed by atoms with Crippen molar-refractivity contribution in [2.24, 2.45) is 0 Å². The number of halogens is 3. The number of ether oxygens (including phenoxy) is 1. The van der Waals surface area contributed by atoms with Crippen molar-refractivity contribution in [2.45, 2.75) is 25.8 Å². The second-order valence-electron chi connectivity index (χ2n) is 5.68. The van der Waals surface area contributed by atoms with Gasteiger partial charge >= 0.3 is 6.18 Å². The summed E-state index contributed by atoms with van der Waals surface area (Å²) in [4.78, 5) is 0. The Bertz CT molecular complexity index is 935. The van der Waals surface area contributed by atoms with Crippen LogP contribution in [-0.4, -0.2) is 0 Å². The highest BCUT2D eigenvalue weighted by molar-refractivity contribution is 5.85. The molecule has 0 spiro atoms. The number of hydrogen-bond acceptors (Lipinski definition) is 4. The lowest BCUT2D eigenvalue weighted by atomic mass is 9.86. The predicted molar refractivity (Wildman–Crippen MR) is 83.9 cm³/mol. The number of hydrogen-bond donors (Lipinski definition) is 1. The summed E-state index contributed by atoms with van der Waals surface area (Å²) in [5.41, 5.74) is 7.56. The van der Waals surface area contributed by atoms with E-state index in [0.29, 0.717) is 22.3 Å². The Hall–Kier alpha value is -3.03. The van der Waals surface area contributed by atoms with Gasteiger partial charge in [-0.1, -0.05) is 12.1 Å². The summed E-state index contributed by atoms with van der Waals surface area (Å²) in [5, 5.41) is 18.9. The molecule has 0 saturated heterocycles. The maximum atomic E-state index is 12.8. The average molecular weight is 343 g/mol. The fourth-order valence-electron chi connectivity index (χ4n) is 3.11. The molecule has 126 valence electrons. The van der Waals surface area contributed by atoms with Gasteiger partial charge in [0, 0.05) is 11.1 Å². The molecule has 0 radical (unpaired) electrons. The molecule has 25 heavy (non-hydrogen) atoms. The molecule has 2 aromatic rings. The lowest BCUT2D eigenvalue weighted by Crippen LogP contribution is -2.06. The summed E-state index contributed by atoms with van der Waals surface area (Å²) in [7, 11) is 0. The van der Waals surface area contributed by atoms with Crippen LogP contribution in [0.25, 0.3) is 11.1 Å². The highest BCUT2D eigenvalue weighted by atomic mass is 19.4. The van der Waals surface area contributed by atoms with E-state index in [4.69, 9.17) is 10.5 Å². The number of nitrogens with zero attached hydrogens (tertiary/aromatic N) is 2. The first kappa shape index (κ1) is 16.8. The molecule has 1 atom stereocenters. The van der Waals surface area contributed by atoms with Crippen LogP contribution < -0.4 is 5.73 Å². The van der Waals surface area contributed by atoms with E-state index >= 15 is 0 Å². The topological polar surface area (TPSA) is 82.8 Å². The molecule has 7 heteroatoms. The van der Waals surface area contributed by atoms with Gasteiger partial charge in [-0.2, -0.15) is 23.7 Å². The number of anilines is 1. The monoisotopic (exact) mass is 343 g/mol. The molecule has 1 aliphatic rings. The molecule has 0 saturated carbocycles. The Kier molecular flexibility index (Phi) is 3.90. The van der Waals surface area contributed by atoms with E-state index < -0.39 is 11.7 Å². The zero-order valence-corrected chi connectivity index (χ0v) is 13.1. The van der Waals surface area contributed by atoms with Crippen molar-refractivity contribution >= 4 is 5.69 Å². The Morgan fingerprint density at radius 1 is 1.12 bits per heavy atom. The quantitative estimate of drug-likeness (QED) is 0.783. The summed E-state index contributed by atoms with van der Waals surface area (Å²) in [6.45, 7) is 1.92. The van der Waals surface area contributed by atoms with Gasteiger partial charge < -0.3 is 10.5 Å². The SMILES string of the molecule is CC1OCc2c(-c3ccc(C(F)(F)F)cc3)c(C#N)c(N)c(C#N)c21. The van der Waals surface area contributed by atoms with Crippen LogP contribution in [0.3, 0.4) is 0 Å². The van der Waals surface area contributed by atoms with E-state index in [0.717, 1.165) is 12.1 Å². The number of nitrogen functional groups attached to an aromatic ring is 1. The van der Waals surface area contributed by atoms with E-state index in [1.165, 1.54) is 12.1 Å². The third-order valence-corrected chi connectivity index (χ3v) is 4.29. The summed E-state index contributed by atoms with van der Waals surface area (Å²) in [6, 6.07) is 8.48. The first-order chi connectivity index (χ1) is 11.8. The Morgan fingerprint density at radius 2 is 1.72 bits per heavy atom. The minimum absolute atomic E-state index is 0.0241. The number of benzene rings is 2. The third kappa shape index (κ3) is 2.59. The van der Waals surface area contributed by atoms with Crippen molar-refractivity contribution < 1.29 is 17.9 Å². The predicted octanol–water partition coefficient (Wildman–Crippen LogP) is 4.29. The van der Waals surface area contributed by atoms with Crippen LogP contribution >= 0.6 is 0 Å². The zero-order valence-electron chi connectivity index (χ0n) is 13.1. The van der Waals surface area contributed by atoms with Crippen LogP contribution in [-0.2, 0) is 17.5 Å². The Morgan fingerprint density at radius 3 is 2.24 bits per heavy atom. The van der Waals surface area contributed by atoms with Crippen LogP contribution in [0.4, 0.5) is 18.9 Å². The molecule has 0 aromatic heterocycles. The van der Waals surface area contributed by atoms with Crippen molar-refractivity contribution in [1.82, 2.24) is 0 Å². The van der Waals surface area contributed by atoms with Crippen molar-refractivity contribution in [2.75, 3.05) is 5.73 Å². The lowest BCUT2D eigenvalue weighted by Gasteiger charge is -2.16. The highest BCUT2D eigenvalue weighted by Crippen LogP contribution is 2.44. The van der Waals surface area contributed by atoms with Crippen molar-refractivity contribution in [3.63, 3.8) is 0 Å². The number of alkyl halides is 3. The van der Waals surface area contributed by atoms with E-state index in [2.05, 4.69) is 0 Å². The molecule has 0 fully saturated rings. The number of nitriles is 2. The van der Waals surface area contributed by atoms with Gasteiger partial charge in [0.25, 0.3) is 0 Å². The molecule has 1 unspecified atom stereocenters. The van der Waals surface area contributed by atoms with E-state index in [9.17, 15) is 23.7 Å². The molecule has 2 aromatic carbocycles. The molecule has 1 aliphatic heterocycles. The van der Waals surface area contributed by atoms with Gasteiger partial charge in [-0.3, -0.25) is 0 Å².